The first-order chi connectivity index (χ1) is 16.9. The Hall–Kier alpha value is -3.93. The Labute approximate surface area is 206 Å². The van der Waals surface area contributed by atoms with E-state index in [0.29, 0.717) is 47.3 Å². The highest BCUT2D eigenvalue weighted by Crippen LogP contribution is 2.34. The van der Waals surface area contributed by atoms with Gasteiger partial charge in [0, 0.05) is 29.2 Å². The highest BCUT2D eigenvalue weighted by atomic mass is 79.9. The van der Waals surface area contributed by atoms with Crippen LogP contribution in [0.15, 0.2) is 55.0 Å². The number of carbonyl (C=O) groups is 1. The molecule has 180 valence electrons. The summed E-state index contributed by atoms with van der Waals surface area (Å²) in [4.78, 5) is 43.6. The minimum absolute atomic E-state index is 0.0116. The molecule has 1 amide bonds. The van der Waals surface area contributed by atoms with Gasteiger partial charge in [-0.1, -0.05) is 21.1 Å². The van der Waals surface area contributed by atoms with Crippen molar-refractivity contribution in [1.29, 1.82) is 0 Å². The Morgan fingerprint density at radius 2 is 1.86 bits per heavy atom. The monoisotopic (exact) mass is 541 g/mol. The standard InChI is InChI=1S/C23H20BrN5O6/c1-13-25-21(35-27-13)3-2-8-28-22(31)16-9-18-19(34-12-33-18)10-17(16)29(23(28)32)11-20(30)26-15-6-4-14(24)5-7-15/h4-7,9-10H,2-3,8,11-12H2,1H3,(H,26,30). The summed E-state index contributed by atoms with van der Waals surface area (Å²) in [5.74, 6) is 1.33. The number of aromatic nitrogens is 4. The van der Waals surface area contributed by atoms with Crippen molar-refractivity contribution in [3.8, 4) is 11.5 Å². The molecule has 0 unspecified atom stereocenters. The van der Waals surface area contributed by atoms with E-state index in [0.717, 1.165) is 9.04 Å². The number of fused-ring (bicyclic) bond motifs is 2. The van der Waals surface area contributed by atoms with Crippen LogP contribution in [0.5, 0.6) is 11.5 Å². The first-order valence-corrected chi connectivity index (χ1v) is 11.6. The van der Waals surface area contributed by atoms with Crippen molar-refractivity contribution >= 4 is 38.4 Å². The predicted molar refractivity (Wildman–Crippen MR) is 129 cm³/mol. The summed E-state index contributed by atoms with van der Waals surface area (Å²) >= 11 is 3.35. The Balaban J connectivity index is 1.50. The summed E-state index contributed by atoms with van der Waals surface area (Å²) in [7, 11) is 0. The summed E-state index contributed by atoms with van der Waals surface area (Å²) in [6.45, 7) is 1.53. The van der Waals surface area contributed by atoms with Gasteiger partial charge in [0.15, 0.2) is 17.3 Å². The quantitative estimate of drug-likeness (QED) is 0.377. The van der Waals surface area contributed by atoms with Gasteiger partial charge in [0.2, 0.25) is 18.6 Å². The molecule has 0 atom stereocenters. The third-order valence-corrected chi connectivity index (χ3v) is 6.02. The van der Waals surface area contributed by atoms with Crippen molar-refractivity contribution in [3.63, 3.8) is 0 Å². The fourth-order valence-electron chi connectivity index (χ4n) is 3.86. The second-order valence-electron chi connectivity index (χ2n) is 7.94. The van der Waals surface area contributed by atoms with Crippen molar-refractivity contribution < 1.29 is 18.8 Å². The molecular formula is C23H20BrN5O6. The zero-order valence-electron chi connectivity index (χ0n) is 18.6. The number of hydrogen-bond donors (Lipinski definition) is 1. The summed E-state index contributed by atoms with van der Waals surface area (Å²) in [5, 5.41) is 6.77. The van der Waals surface area contributed by atoms with Crippen molar-refractivity contribution in [2.75, 3.05) is 12.1 Å². The molecule has 2 aromatic carbocycles. The number of amides is 1. The predicted octanol–water partition coefficient (Wildman–Crippen LogP) is 2.62. The van der Waals surface area contributed by atoms with Gasteiger partial charge in [-0.05, 0) is 43.7 Å². The molecule has 1 aliphatic rings. The maximum Gasteiger partial charge on any atom is 0.331 e. The van der Waals surface area contributed by atoms with Crippen LogP contribution in [0.3, 0.4) is 0 Å². The van der Waals surface area contributed by atoms with Gasteiger partial charge >= 0.3 is 5.69 Å². The lowest BCUT2D eigenvalue weighted by Crippen LogP contribution is -2.41. The number of hydrogen-bond acceptors (Lipinski definition) is 8. The average molecular weight is 542 g/mol. The smallest absolute Gasteiger partial charge is 0.331 e. The number of nitrogens with one attached hydrogen (secondary N) is 1. The molecule has 0 bridgehead atoms. The largest absolute Gasteiger partial charge is 0.454 e. The van der Waals surface area contributed by atoms with Gasteiger partial charge in [0.05, 0.1) is 10.9 Å². The first-order valence-electron chi connectivity index (χ1n) is 10.8. The molecule has 2 aromatic heterocycles. The molecule has 4 aromatic rings. The van der Waals surface area contributed by atoms with Crippen LogP contribution in [-0.2, 0) is 24.3 Å². The second-order valence-corrected chi connectivity index (χ2v) is 8.86. The van der Waals surface area contributed by atoms with Gasteiger partial charge in [-0.3, -0.25) is 18.7 Å². The van der Waals surface area contributed by atoms with Gasteiger partial charge in [-0.25, -0.2) is 4.79 Å². The Bertz CT molecular complexity index is 1540. The summed E-state index contributed by atoms with van der Waals surface area (Å²) < 4.78 is 19.2. The van der Waals surface area contributed by atoms with Crippen molar-refractivity contribution in [2.45, 2.75) is 32.9 Å². The van der Waals surface area contributed by atoms with E-state index >= 15 is 0 Å². The van der Waals surface area contributed by atoms with Gasteiger partial charge < -0.3 is 19.3 Å². The molecule has 3 heterocycles. The fourth-order valence-corrected chi connectivity index (χ4v) is 4.13. The molecule has 0 radical (unpaired) electrons. The molecule has 0 saturated heterocycles. The molecule has 11 nitrogen and oxygen atoms in total. The molecule has 35 heavy (non-hydrogen) atoms. The minimum Gasteiger partial charge on any atom is -0.454 e. The summed E-state index contributed by atoms with van der Waals surface area (Å²) in [5.41, 5.74) is -0.209. The highest BCUT2D eigenvalue weighted by molar-refractivity contribution is 9.10. The lowest BCUT2D eigenvalue weighted by atomic mass is 10.2. The van der Waals surface area contributed by atoms with E-state index in [9.17, 15) is 14.4 Å². The van der Waals surface area contributed by atoms with Crippen LogP contribution in [0, 0.1) is 6.92 Å². The van der Waals surface area contributed by atoms with Crippen LogP contribution in [0.4, 0.5) is 5.69 Å². The molecule has 0 spiro atoms. The third-order valence-electron chi connectivity index (χ3n) is 5.49. The molecular weight excluding hydrogens is 522 g/mol. The Morgan fingerprint density at radius 1 is 1.11 bits per heavy atom. The van der Waals surface area contributed by atoms with Gasteiger partial charge in [-0.2, -0.15) is 4.98 Å². The highest BCUT2D eigenvalue weighted by Gasteiger charge is 2.21. The molecule has 1 aliphatic heterocycles. The van der Waals surface area contributed by atoms with E-state index in [1.165, 1.54) is 4.57 Å². The van der Waals surface area contributed by atoms with Crippen molar-refractivity contribution in [3.05, 3.63) is 73.4 Å². The number of anilines is 1. The van der Waals surface area contributed by atoms with Gasteiger partial charge in [0.25, 0.3) is 5.56 Å². The van der Waals surface area contributed by atoms with Crippen molar-refractivity contribution in [2.24, 2.45) is 0 Å². The zero-order chi connectivity index (χ0) is 24.5. The molecule has 5 rings (SSSR count). The maximum atomic E-state index is 13.4. The Morgan fingerprint density at radius 3 is 2.57 bits per heavy atom. The van der Waals surface area contributed by atoms with Gasteiger partial charge in [0.1, 0.15) is 6.54 Å². The molecule has 1 N–H and O–H groups in total. The van der Waals surface area contributed by atoms with E-state index in [-0.39, 0.29) is 25.3 Å². The van der Waals surface area contributed by atoms with Crippen LogP contribution < -0.4 is 26.0 Å². The zero-order valence-corrected chi connectivity index (χ0v) is 20.2. The molecule has 0 saturated carbocycles. The lowest BCUT2D eigenvalue weighted by Gasteiger charge is -2.14. The number of carbonyl (C=O) groups excluding carboxylic acids is 1. The number of benzene rings is 2. The molecule has 0 fully saturated rings. The third kappa shape index (κ3) is 4.69. The normalized spacial score (nSPS) is 12.3. The van der Waals surface area contributed by atoms with Crippen LogP contribution in [0.2, 0.25) is 0 Å². The van der Waals surface area contributed by atoms with Crippen LogP contribution >= 0.6 is 15.9 Å². The van der Waals surface area contributed by atoms with E-state index in [1.54, 1.807) is 43.3 Å². The first kappa shape index (κ1) is 22.8. The topological polar surface area (TPSA) is 130 Å². The number of rotatable bonds is 7. The number of nitrogens with zero attached hydrogens (tertiary/aromatic N) is 4. The average Bonchev–Trinajstić information content (AvgIpc) is 3.47. The van der Waals surface area contributed by atoms with Gasteiger partial charge in [-0.15, -0.1) is 0 Å². The lowest BCUT2D eigenvalue weighted by molar-refractivity contribution is -0.116. The van der Waals surface area contributed by atoms with E-state index in [2.05, 4.69) is 31.4 Å². The number of halogens is 1. The Kier molecular flexibility index (Phi) is 6.12. The van der Waals surface area contributed by atoms with E-state index in [1.807, 2.05) is 0 Å². The SMILES string of the molecule is Cc1noc(CCCn2c(=O)c3cc4c(cc3n(CC(=O)Nc3ccc(Br)cc3)c2=O)OCO4)n1. The summed E-state index contributed by atoms with van der Waals surface area (Å²) in [6, 6.07) is 10.2. The van der Waals surface area contributed by atoms with Crippen LogP contribution in [0.1, 0.15) is 18.1 Å². The second kappa shape index (κ2) is 9.37. The molecule has 0 aliphatic carbocycles. The number of aryl methyl sites for hydroxylation is 2. The fraction of sp³-hybridized carbons (Fsp3) is 0.261. The van der Waals surface area contributed by atoms with E-state index < -0.39 is 17.2 Å². The van der Waals surface area contributed by atoms with Crippen LogP contribution in [-0.4, -0.2) is 32.0 Å². The maximum absolute atomic E-state index is 13.4. The van der Waals surface area contributed by atoms with E-state index in [4.69, 9.17) is 14.0 Å². The minimum atomic E-state index is -0.603. The molecule has 12 heteroatoms. The van der Waals surface area contributed by atoms with Crippen molar-refractivity contribution in [1.82, 2.24) is 19.3 Å². The van der Waals surface area contributed by atoms with Crippen LogP contribution in [0.25, 0.3) is 10.9 Å². The number of ether oxygens (including phenoxy) is 2. The summed E-state index contributed by atoms with van der Waals surface area (Å²) in [6.07, 6.45) is 0.813.